The predicted molar refractivity (Wildman–Crippen MR) is 87.5 cm³/mol. The highest BCUT2D eigenvalue weighted by atomic mass is 35.5. The summed E-state index contributed by atoms with van der Waals surface area (Å²) < 4.78 is 5.70. The average Bonchev–Trinajstić information content (AvgIpc) is 2.55. The van der Waals surface area contributed by atoms with Crippen LogP contribution in [0.25, 0.3) is 0 Å². The number of benzene rings is 1. The maximum absolute atomic E-state index is 11.7. The van der Waals surface area contributed by atoms with E-state index in [1.807, 2.05) is 12.1 Å². The molecular weight excluding hydrogens is 302 g/mol. The van der Waals surface area contributed by atoms with Gasteiger partial charge in [0.1, 0.15) is 5.75 Å². The molecule has 0 bridgehead atoms. The van der Waals surface area contributed by atoms with Gasteiger partial charge in [0.15, 0.2) is 6.61 Å². The molecule has 2 rings (SSSR count). The molecule has 1 fully saturated rings. The zero-order chi connectivity index (χ0) is 15.8. The molecule has 0 unspecified atom stereocenters. The summed E-state index contributed by atoms with van der Waals surface area (Å²) in [4.78, 5) is 11.7. The van der Waals surface area contributed by atoms with Crippen LogP contribution >= 0.6 is 11.6 Å². The van der Waals surface area contributed by atoms with E-state index in [-0.39, 0.29) is 19.1 Å². The SMILES string of the molecule is O=C(COc1ccc(Cl)cc1C1CCCCC1)NCCCO. The predicted octanol–water partition coefficient (Wildman–Crippen LogP) is 3.27. The third kappa shape index (κ3) is 5.18. The van der Waals surface area contributed by atoms with E-state index in [0.717, 1.165) is 24.2 Å². The molecule has 1 aliphatic rings. The van der Waals surface area contributed by atoms with Crippen molar-refractivity contribution in [2.45, 2.75) is 44.4 Å². The van der Waals surface area contributed by atoms with Crippen LogP contribution in [0.2, 0.25) is 5.02 Å². The van der Waals surface area contributed by atoms with E-state index in [4.69, 9.17) is 21.4 Å². The van der Waals surface area contributed by atoms with Crippen LogP contribution in [0.3, 0.4) is 0 Å². The Morgan fingerprint density at radius 2 is 2.09 bits per heavy atom. The van der Waals surface area contributed by atoms with Crippen LogP contribution in [0, 0.1) is 0 Å². The minimum Gasteiger partial charge on any atom is -0.483 e. The Bertz CT molecular complexity index is 487. The molecule has 1 amide bonds. The lowest BCUT2D eigenvalue weighted by Crippen LogP contribution is -2.30. The minimum absolute atomic E-state index is 0.00716. The summed E-state index contributed by atoms with van der Waals surface area (Å²) in [7, 11) is 0. The summed E-state index contributed by atoms with van der Waals surface area (Å²) in [6.45, 7) is 0.533. The molecular formula is C17H24ClNO3. The number of ether oxygens (including phenoxy) is 1. The third-order valence-electron chi connectivity index (χ3n) is 4.03. The molecule has 1 aliphatic carbocycles. The van der Waals surface area contributed by atoms with Crippen LogP contribution < -0.4 is 10.1 Å². The van der Waals surface area contributed by atoms with Crippen molar-refractivity contribution in [3.05, 3.63) is 28.8 Å². The fourth-order valence-electron chi connectivity index (χ4n) is 2.88. The topological polar surface area (TPSA) is 58.6 Å². The molecule has 0 aromatic heterocycles. The average molecular weight is 326 g/mol. The van der Waals surface area contributed by atoms with Crippen LogP contribution in [-0.2, 0) is 4.79 Å². The number of carbonyl (C=O) groups excluding carboxylic acids is 1. The molecule has 0 spiro atoms. The largest absolute Gasteiger partial charge is 0.483 e. The summed E-state index contributed by atoms with van der Waals surface area (Å²) in [6.07, 6.45) is 6.62. The zero-order valence-corrected chi connectivity index (χ0v) is 13.6. The molecule has 5 heteroatoms. The van der Waals surface area contributed by atoms with Gasteiger partial charge in [-0.1, -0.05) is 30.9 Å². The van der Waals surface area contributed by atoms with Crippen LogP contribution in [0.15, 0.2) is 18.2 Å². The third-order valence-corrected chi connectivity index (χ3v) is 4.27. The van der Waals surface area contributed by atoms with E-state index < -0.39 is 0 Å². The molecule has 0 aliphatic heterocycles. The first-order valence-corrected chi connectivity index (χ1v) is 8.38. The van der Waals surface area contributed by atoms with Gasteiger partial charge in [-0.05, 0) is 48.9 Å². The van der Waals surface area contributed by atoms with Crippen LogP contribution in [-0.4, -0.2) is 30.8 Å². The molecule has 1 aromatic rings. The number of rotatable bonds is 7. The molecule has 0 radical (unpaired) electrons. The lowest BCUT2D eigenvalue weighted by atomic mass is 9.84. The molecule has 0 saturated heterocycles. The molecule has 0 atom stereocenters. The van der Waals surface area contributed by atoms with Gasteiger partial charge in [0.2, 0.25) is 0 Å². The summed E-state index contributed by atoms with van der Waals surface area (Å²) in [5.74, 6) is 1.06. The van der Waals surface area contributed by atoms with E-state index in [2.05, 4.69) is 5.32 Å². The number of aliphatic hydroxyl groups excluding tert-OH is 1. The van der Waals surface area contributed by atoms with E-state index in [1.165, 1.54) is 19.3 Å². The Morgan fingerprint density at radius 1 is 1.32 bits per heavy atom. The standard InChI is InChI=1S/C17H24ClNO3/c18-14-7-8-16(22-12-17(21)19-9-4-10-20)15(11-14)13-5-2-1-3-6-13/h7-8,11,13,20H,1-6,9-10,12H2,(H,19,21). The number of hydrogen-bond donors (Lipinski definition) is 2. The van der Waals surface area contributed by atoms with Gasteiger partial charge >= 0.3 is 0 Å². The molecule has 2 N–H and O–H groups in total. The lowest BCUT2D eigenvalue weighted by Gasteiger charge is -2.24. The van der Waals surface area contributed by atoms with Crippen molar-refractivity contribution in [3.63, 3.8) is 0 Å². The van der Waals surface area contributed by atoms with Crippen LogP contribution in [0.5, 0.6) is 5.75 Å². The number of aliphatic hydroxyl groups is 1. The Morgan fingerprint density at radius 3 is 2.82 bits per heavy atom. The molecule has 1 saturated carbocycles. The zero-order valence-electron chi connectivity index (χ0n) is 12.8. The van der Waals surface area contributed by atoms with Crippen molar-refractivity contribution < 1.29 is 14.6 Å². The highest BCUT2D eigenvalue weighted by Gasteiger charge is 2.20. The second-order valence-corrected chi connectivity index (χ2v) is 6.17. The summed E-state index contributed by atoms with van der Waals surface area (Å²) >= 11 is 6.12. The van der Waals surface area contributed by atoms with Gasteiger partial charge in [-0.3, -0.25) is 4.79 Å². The van der Waals surface area contributed by atoms with Gasteiger partial charge < -0.3 is 15.2 Å². The second kappa shape index (κ2) is 9.01. The summed E-state index contributed by atoms with van der Waals surface area (Å²) in [5.41, 5.74) is 1.12. The number of carbonyl (C=O) groups is 1. The van der Waals surface area contributed by atoms with Crippen molar-refractivity contribution in [2.75, 3.05) is 19.8 Å². The Balaban J connectivity index is 1.96. The monoisotopic (exact) mass is 325 g/mol. The van der Waals surface area contributed by atoms with Gasteiger partial charge in [0, 0.05) is 18.2 Å². The smallest absolute Gasteiger partial charge is 0.257 e. The Kier molecular flexibility index (Phi) is 7.00. The minimum atomic E-state index is -0.169. The molecule has 22 heavy (non-hydrogen) atoms. The van der Waals surface area contributed by atoms with Gasteiger partial charge in [-0.2, -0.15) is 0 Å². The molecule has 1 aromatic carbocycles. The van der Waals surface area contributed by atoms with E-state index in [1.54, 1.807) is 6.07 Å². The van der Waals surface area contributed by atoms with Gasteiger partial charge in [-0.15, -0.1) is 0 Å². The fraction of sp³-hybridized carbons (Fsp3) is 0.588. The van der Waals surface area contributed by atoms with Crippen LogP contribution in [0.1, 0.15) is 50.0 Å². The van der Waals surface area contributed by atoms with Gasteiger partial charge in [0.25, 0.3) is 5.91 Å². The highest BCUT2D eigenvalue weighted by Crippen LogP contribution is 2.38. The van der Waals surface area contributed by atoms with Crippen molar-refractivity contribution in [1.82, 2.24) is 5.32 Å². The van der Waals surface area contributed by atoms with Gasteiger partial charge in [0.05, 0.1) is 0 Å². The quantitative estimate of drug-likeness (QED) is 0.756. The molecule has 4 nitrogen and oxygen atoms in total. The maximum Gasteiger partial charge on any atom is 0.257 e. The first-order valence-electron chi connectivity index (χ1n) is 8.00. The van der Waals surface area contributed by atoms with E-state index >= 15 is 0 Å². The number of amides is 1. The van der Waals surface area contributed by atoms with E-state index in [0.29, 0.717) is 23.9 Å². The Labute approximate surface area is 136 Å². The number of nitrogens with one attached hydrogen (secondary N) is 1. The first-order chi connectivity index (χ1) is 10.7. The first kappa shape index (κ1) is 17.1. The van der Waals surface area contributed by atoms with Gasteiger partial charge in [-0.25, -0.2) is 0 Å². The van der Waals surface area contributed by atoms with E-state index in [9.17, 15) is 4.79 Å². The lowest BCUT2D eigenvalue weighted by molar-refractivity contribution is -0.123. The van der Waals surface area contributed by atoms with Crippen LogP contribution in [0.4, 0.5) is 0 Å². The Hall–Kier alpha value is -1.26. The van der Waals surface area contributed by atoms with Crippen molar-refractivity contribution in [2.24, 2.45) is 0 Å². The maximum atomic E-state index is 11.7. The summed E-state index contributed by atoms with van der Waals surface area (Å²) in [5, 5.41) is 12.1. The van der Waals surface area contributed by atoms with Crippen molar-refractivity contribution >= 4 is 17.5 Å². The molecule has 0 heterocycles. The summed E-state index contributed by atoms with van der Waals surface area (Å²) in [6, 6.07) is 5.62. The second-order valence-electron chi connectivity index (χ2n) is 5.73. The van der Waals surface area contributed by atoms with Crippen molar-refractivity contribution in [1.29, 1.82) is 0 Å². The highest BCUT2D eigenvalue weighted by molar-refractivity contribution is 6.30. The van der Waals surface area contributed by atoms with Crippen molar-refractivity contribution in [3.8, 4) is 5.75 Å². The molecule has 122 valence electrons. The fourth-order valence-corrected chi connectivity index (χ4v) is 3.07. The normalized spacial score (nSPS) is 15.5. The number of hydrogen-bond acceptors (Lipinski definition) is 3. The number of halogens is 1.